The van der Waals surface area contributed by atoms with E-state index in [0.29, 0.717) is 0 Å². The van der Waals surface area contributed by atoms with Gasteiger partial charge in [-0.05, 0) is 63.2 Å². The zero-order valence-electron chi connectivity index (χ0n) is 26.7. The minimum atomic E-state index is -0.0778. The third-order valence-electron chi connectivity index (χ3n) is 10.3. The summed E-state index contributed by atoms with van der Waals surface area (Å²) in [7, 11) is 0. The highest BCUT2D eigenvalue weighted by atomic mass is 32.1. The second kappa shape index (κ2) is 10.2. The van der Waals surface area contributed by atoms with Gasteiger partial charge in [-0.15, -0.1) is 11.3 Å². The molecule has 0 spiro atoms. The van der Waals surface area contributed by atoms with Crippen molar-refractivity contribution in [2.45, 2.75) is 19.3 Å². The summed E-state index contributed by atoms with van der Waals surface area (Å²) in [6.07, 6.45) is 1.96. The van der Waals surface area contributed by atoms with Crippen molar-refractivity contribution in [3.63, 3.8) is 0 Å². The van der Waals surface area contributed by atoms with Crippen LogP contribution in [0, 0.1) is 0 Å². The fourth-order valence-electron chi connectivity index (χ4n) is 7.83. The molecule has 6 aromatic carbocycles. The van der Waals surface area contributed by atoms with Crippen molar-refractivity contribution in [1.29, 1.82) is 0 Å². The smallest absolute Gasteiger partial charge is 0.0972 e. The third kappa shape index (κ3) is 3.98. The Kier molecular flexibility index (Phi) is 5.82. The molecule has 226 valence electrons. The maximum absolute atomic E-state index is 5.19. The Balaban J connectivity index is 1.10. The summed E-state index contributed by atoms with van der Waals surface area (Å²) in [5.74, 6) is 0. The molecule has 1 aliphatic rings. The van der Waals surface area contributed by atoms with Gasteiger partial charge in [0.2, 0.25) is 0 Å². The number of nitrogens with zero attached hydrogens (tertiary/aromatic N) is 2. The predicted octanol–water partition coefficient (Wildman–Crippen LogP) is 12.5. The van der Waals surface area contributed by atoms with Crippen LogP contribution in [0.5, 0.6) is 0 Å². The molecular formula is C45H30N2S. The Morgan fingerprint density at radius 1 is 0.542 bits per heavy atom. The molecule has 3 heterocycles. The van der Waals surface area contributed by atoms with Gasteiger partial charge < -0.3 is 0 Å². The quantitative estimate of drug-likeness (QED) is 0.182. The summed E-state index contributed by atoms with van der Waals surface area (Å²) in [5, 5.41) is 4.92. The summed E-state index contributed by atoms with van der Waals surface area (Å²) in [4.78, 5) is 10.1. The molecule has 10 rings (SSSR count). The topological polar surface area (TPSA) is 25.8 Å². The number of hydrogen-bond donors (Lipinski definition) is 0. The molecule has 0 unspecified atom stereocenters. The maximum Gasteiger partial charge on any atom is 0.0972 e. The summed E-state index contributed by atoms with van der Waals surface area (Å²) < 4.78 is 2.68. The van der Waals surface area contributed by atoms with Crippen LogP contribution in [-0.2, 0) is 5.41 Å². The molecule has 0 atom stereocenters. The van der Waals surface area contributed by atoms with Gasteiger partial charge in [0, 0.05) is 53.7 Å². The Bertz CT molecular complexity index is 2740. The summed E-state index contributed by atoms with van der Waals surface area (Å²) >= 11 is 1.91. The Morgan fingerprint density at radius 3 is 2.15 bits per heavy atom. The highest BCUT2D eigenvalue weighted by Gasteiger charge is 2.37. The average molecular weight is 631 g/mol. The first-order chi connectivity index (χ1) is 23.5. The van der Waals surface area contributed by atoms with Gasteiger partial charge in [-0.3, -0.25) is 4.98 Å². The van der Waals surface area contributed by atoms with Crippen LogP contribution in [0.25, 0.3) is 86.6 Å². The monoisotopic (exact) mass is 630 g/mol. The van der Waals surface area contributed by atoms with E-state index in [1.54, 1.807) is 0 Å². The van der Waals surface area contributed by atoms with Gasteiger partial charge in [0.05, 0.1) is 16.7 Å². The Labute approximate surface area is 283 Å². The van der Waals surface area contributed by atoms with Crippen molar-refractivity contribution in [3.05, 3.63) is 157 Å². The van der Waals surface area contributed by atoms with Crippen LogP contribution in [-0.4, -0.2) is 9.97 Å². The van der Waals surface area contributed by atoms with Crippen molar-refractivity contribution in [1.82, 2.24) is 9.97 Å². The zero-order valence-corrected chi connectivity index (χ0v) is 27.5. The lowest BCUT2D eigenvalue weighted by Crippen LogP contribution is -2.14. The van der Waals surface area contributed by atoms with E-state index >= 15 is 0 Å². The first kappa shape index (κ1) is 27.5. The number of fused-ring (bicyclic) bond motifs is 10. The maximum atomic E-state index is 5.19. The lowest BCUT2D eigenvalue weighted by atomic mass is 9.81. The number of aromatic nitrogens is 2. The standard InChI is InChI=1S/C45H30N2S/c1-45(2)36-14-8-6-12-33(36)40-37(45)25-35(44-41(40)34-13-7-9-15-39(34)48-44)28-16-18-29(19-17-28)38-23-22-30-20-21-31-24-32(27-10-4-3-5-11-27)26-46-42(31)43(30)47-38/h3-26H,1-2H3. The molecule has 0 aliphatic heterocycles. The average Bonchev–Trinajstić information content (AvgIpc) is 3.63. The molecule has 9 aromatic rings. The van der Waals surface area contributed by atoms with Gasteiger partial charge in [-0.2, -0.15) is 0 Å². The molecule has 1 aliphatic carbocycles. The van der Waals surface area contributed by atoms with Crippen LogP contribution in [0.2, 0.25) is 0 Å². The molecule has 0 saturated carbocycles. The van der Waals surface area contributed by atoms with Crippen molar-refractivity contribution >= 4 is 53.3 Å². The first-order valence-corrected chi connectivity index (χ1v) is 17.3. The van der Waals surface area contributed by atoms with Gasteiger partial charge in [0.25, 0.3) is 0 Å². The van der Waals surface area contributed by atoms with Gasteiger partial charge in [0.15, 0.2) is 0 Å². The molecule has 48 heavy (non-hydrogen) atoms. The van der Waals surface area contributed by atoms with Crippen molar-refractivity contribution in [2.24, 2.45) is 0 Å². The second-order valence-corrected chi connectivity index (χ2v) is 14.4. The fourth-order valence-corrected chi connectivity index (χ4v) is 9.08. The molecule has 2 nitrogen and oxygen atoms in total. The summed E-state index contributed by atoms with van der Waals surface area (Å²) in [6.45, 7) is 4.74. The Hall–Kier alpha value is -5.64. The van der Waals surface area contributed by atoms with Crippen molar-refractivity contribution in [3.8, 4) is 44.6 Å². The largest absolute Gasteiger partial charge is 0.253 e. The van der Waals surface area contributed by atoms with Gasteiger partial charge in [0.1, 0.15) is 0 Å². The lowest BCUT2D eigenvalue weighted by Gasteiger charge is -2.22. The number of rotatable bonds is 3. The van der Waals surface area contributed by atoms with E-state index in [1.807, 2.05) is 23.6 Å². The number of thiophene rings is 1. The normalized spacial score (nSPS) is 13.4. The molecule has 0 fully saturated rings. The minimum Gasteiger partial charge on any atom is -0.253 e. The number of benzene rings is 6. The molecule has 0 amide bonds. The highest BCUT2D eigenvalue weighted by Crippen LogP contribution is 2.56. The van der Waals surface area contributed by atoms with Gasteiger partial charge in [-0.25, -0.2) is 4.98 Å². The van der Waals surface area contributed by atoms with E-state index in [1.165, 1.54) is 53.6 Å². The summed E-state index contributed by atoms with van der Waals surface area (Å²) in [6, 6.07) is 50.5. The fraction of sp³-hybridized carbons (Fsp3) is 0.0667. The number of hydrogen-bond acceptors (Lipinski definition) is 3. The summed E-state index contributed by atoms with van der Waals surface area (Å²) in [5.41, 5.74) is 14.2. The molecule has 0 bridgehead atoms. The van der Waals surface area contributed by atoms with Crippen molar-refractivity contribution in [2.75, 3.05) is 0 Å². The minimum absolute atomic E-state index is 0.0778. The van der Waals surface area contributed by atoms with Crippen molar-refractivity contribution < 1.29 is 0 Å². The molecule has 0 saturated heterocycles. The van der Waals surface area contributed by atoms with E-state index in [9.17, 15) is 0 Å². The third-order valence-corrected chi connectivity index (χ3v) is 11.5. The number of pyridine rings is 2. The SMILES string of the molecule is CC1(C)c2ccccc2-c2c1cc(-c1ccc(-c3ccc4ccc5cc(-c6ccccc6)cnc5c4n3)cc1)c1sc3ccccc3c21. The van der Waals surface area contributed by atoms with E-state index < -0.39 is 0 Å². The van der Waals surface area contributed by atoms with E-state index in [4.69, 9.17) is 9.97 Å². The van der Waals surface area contributed by atoms with E-state index in [0.717, 1.165) is 44.2 Å². The van der Waals surface area contributed by atoms with Gasteiger partial charge >= 0.3 is 0 Å². The second-order valence-electron chi connectivity index (χ2n) is 13.4. The lowest BCUT2D eigenvalue weighted by molar-refractivity contribution is 0.661. The zero-order chi connectivity index (χ0) is 32.0. The van der Waals surface area contributed by atoms with Crippen LogP contribution < -0.4 is 0 Å². The molecule has 0 N–H and O–H groups in total. The predicted molar refractivity (Wildman–Crippen MR) is 204 cm³/mol. The van der Waals surface area contributed by atoms with E-state index in [-0.39, 0.29) is 5.41 Å². The molecule has 0 radical (unpaired) electrons. The van der Waals surface area contributed by atoms with Crippen LogP contribution in [0.15, 0.2) is 146 Å². The van der Waals surface area contributed by atoms with Crippen LogP contribution in [0.3, 0.4) is 0 Å². The van der Waals surface area contributed by atoms with Crippen LogP contribution in [0.1, 0.15) is 25.0 Å². The van der Waals surface area contributed by atoms with Crippen LogP contribution in [0.4, 0.5) is 0 Å². The van der Waals surface area contributed by atoms with Crippen LogP contribution >= 0.6 is 11.3 Å². The molecule has 3 heteroatoms. The molecular weight excluding hydrogens is 601 g/mol. The van der Waals surface area contributed by atoms with Gasteiger partial charge in [-0.1, -0.05) is 129 Å². The highest BCUT2D eigenvalue weighted by molar-refractivity contribution is 7.26. The first-order valence-electron chi connectivity index (χ1n) is 16.5. The Morgan fingerprint density at radius 2 is 1.27 bits per heavy atom. The molecule has 3 aromatic heterocycles. The van der Waals surface area contributed by atoms with E-state index in [2.05, 4.69) is 147 Å².